The smallest absolute Gasteiger partial charge is 0.382 e. The lowest BCUT2D eigenvalue weighted by molar-refractivity contribution is -0.522. The maximum atomic E-state index is 3.93. The number of aryl methyl sites for hydroxylation is 3. The minimum absolute atomic E-state index is 0.0974. The molecule has 1 aromatic heterocycles. The number of hydrogen-bond acceptors (Lipinski definition) is 1. The molecule has 0 saturated carbocycles. The van der Waals surface area contributed by atoms with Gasteiger partial charge in [-0.15, -0.1) is 0 Å². The van der Waals surface area contributed by atoms with Crippen molar-refractivity contribution in [1.29, 1.82) is 0 Å². The lowest BCUT2D eigenvalue weighted by atomic mass is 9.59. The van der Waals surface area contributed by atoms with Crippen molar-refractivity contribution in [3.63, 3.8) is 0 Å². The van der Waals surface area contributed by atoms with Crippen molar-refractivity contribution in [2.45, 2.75) is 53.4 Å². The largest absolute Gasteiger partial charge is 0.535 e. The number of nitrogens with one attached hydrogen (secondary N) is 1. The number of hydrogen-bond donors (Lipinski definition) is 1. The number of nitrogens with zero attached hydrogens (tertiary/aromatic N) is 2. The van der Waals surface area contributed by atoms with Crippen LogP contribution in [0.25, 0.3) is 11.4 Å². The van der Waals surface area contributed by atoms with Gasteiger partial charge in [-0.05, 0) is 47.9 Å². The van der Waals surface area contributed by atoms with E-state index in [0.29, 0.717) is 11.8 Å². The van der Waals surface area contributed by atoms with E-state index in [1.165, 1.54) is 44.8 Å². The molecule has 1 aliphatic heterocycles. The average molecular weight is 372 g/mol. The lowest BCUT2D eigenvalue weighted by Crippen LogP contribution is -2.67. The highest BCUT2D eigenvalue weighted by atomic mass is 15.2. The fourth-order valence-electron chi connectivity index (χ4n) is 4.64. The topological polar surface area (TPSA) is 20.8 Å². The summed E-state index contributed by atoms with van der Waals surface area (Å²) in [6.45, 7) is 13.7. The van der Waals surface area contributed by atoms with Crippen molar-refractivity contribution in [3.05, 3.63) is 65.0 Å². The zero-order chi connectivity index (χ0) is 20.2. The summed E-state index contributed by atoms with van der Waals surface area (Å²) >= 11 is 0. The van der Waals surface area contributed by atoms with Crippen LogP contribution in [0, 0.1) is 13.8 Å². The fraction of sp³-hybridized carbons (Fsp3) is 0.375. The minimum atomic E-state index is 0.0974. The number of anilines is 1. The molecule has 144 valence electrons. The second-order valence-corrected chi connectivity index (χ2v) is 8.80. The Balaban J connectivity index is 2.03. The van der Waals surface area contributed by atoms with E-state index >= 15 is 0 Å². The highest BCUT2D eigenvalue weighted by Crippen LogP contribution is 2.35. The highest BCUT2D eigenvalue weighted by Gasteiger charge is 2.42. The fourth-order valence-corrected chi connectivity index (χ4v) is 4.64. The van der Waals surface area contributed by atoms with Crippen LogP contribution in [0.3, 0.4) is 0 Å². The standard InChI is InChI=1S/C24H30BN3/c1-15(2)19-9-8-10-20(16(3)4)22(19)25-26-23-18(6)12-11-17(5)21(23)24-27(7)13-14-28(24)25/h8-16H,1-7H3/p+1. The van der Waals surface area contributed by atoms with Crippen LogP contribution in [0.1, 0.15) is 61.8 Å². The summed E-state index contributed by atoms with van der Waals surface area (Å²) in [5.74, 6) is 2.22. The molecule has 1 aliphatic rings. The Labute approximate surface area is 169 Å². The molecule has 4 rings (SSSR count). The van der Waals surface area contributed by atoms with E-state index in [2.05, 4.69) is 106 Å². The summed E-state index contributed by atoms with van der Waals surface area (Å²) in [6, 6.07) is 11.3. The van der Waals surface area contributed by atoms with Gasteiger partial charge in [0, 0.05) is 11.2 Å². The van der Waals surface area contributed by atoms with Gasteiger partial charge < -0.3 is 5.23 Å². The first-order valence-corrected chi connectivity index (χ1v) is 10.4. The molecule has 1 N–H and O–H groups in total. The van der Waals surface area contributed by atoms with E-state index in [0.717, 1.165) is 0 Å². The van der Waals surface area contributed by atoms with Crippen LogP contribution in [-0.4, -0.2) is 11.5 Å². The molecule has 2 aromatic carbocycles. The first-order valence-electron chi connectivity index (χ1n) is 10.4. The molecular formula is C24H31BN3+. The van der Waals surface area contributed by atoms with E-state index in [-0.39, 0.29) is 6.98 Å². The van der Waals surface area contributed by atoms with Gasteiger partial charge in [0.05, 0.1) is 12.6 Å². The van der Waals surface area contributed by atoms with E-state index in [1.54, 1.807) is 0 Å². The van der Waals surface area contributed by atoms with Gasteiger partial charge in [0.2, 0.25) is 0 Å². The average Bonchev–Trinajstić information content (AvgIpc) is 3.05. The number of imidazole rings is 1. The molecule has 3 aromatic rings. The second kappa shape index (κ2) is 6.84. The summed E-state index contributed by atoms with van der Waals surface area (Å²) in [5.41, 5.74) is 9.47. The first-order chi connectivity index (χ1) is 13.3. The molecule has 3 nitrogen and oxygen atoms in total. The summed E-state index contributed by atoms with van der Waals surface area (Å²) < 4.78 is 4.67. The molecule has 0 fully saturated rings. The molecule has 0 atom stereocenters. The van der Waals surface area contributed by atoms with Crippen LogP contribution in [0.5, 0.6) is 0 Å². The van der Waals surface area contributed by atoms with Crippen molar-refractivity contribution in [1.82, 2.24) is 4.57 Å². The van der Waals surface area contributed by atoms with Crippen LogP contribution in [-0.2, 0) is 7.05 Å². The maximum Gasteiger partial charge on any atom is 0.535 e. The molecule has 28 heavy (non-hydrogen) atoms. The predicted molar refractivity (Wildman–Crippen MR) is 120 cm³/mol. The van der Waals surface area contributed by atoms with Crippen LogP contribution in [0.2, 0.25) is 0 Å². The number of rotatable bonds is 3. The van der Waals surface area contributed by atoms with E-state index in [9.17, 15) is 0 Å². The van der Waals surface area contributed by atoms with Crippen LogP contribution in [0.4, 0.5) is 5.69 Å². The van der Waals surface area contributed by atoms with Gasteiger partial charge in [-0.3, -0.25) is 4.48 Å². The van der Waals surface area contributed by atoms with Crippen molar-refractivity contribution in [2.24, 2.45) is 7.05 Å². The van der Waals surface area contributed by atoms with E-state index in [4.69, 9.17) is 0 Å². The van der Waals surface area contributed by atoms with E-state index in [1.807, 2.05) is 0 Å². The third-order valence-electron chi connectivity index (χ3n) is 6.13. The Morgan fingerprint density at radius 1 is 0.929 bits per heavy atom. The van der Waals surface area contributed by atoms with Crippen molar-refractivity contribution < 1.29 is 4.48 Å². The summed E-state index contributed by atoms with van der Waals surface area (Å²) in [7, 11) is 2.15. The molecular weight excluding hydrogens is 341 g/mol. The van der Waals surface area contributed by atoms with Gasteiger partial charge in [-0.25, -0.2) is 4.57 Å². The highest BCUT2D eigenvalue weighted by molar-refractivity contribution is 6.70. The lowest BCUT2D eigenvalue weighted by Gasteiger charge is -2.28. The molecule has 0 radical (unpaired) electrons. The monoisotopic (exact) mass is 372 g/mol. The number of fused-ring (bicyclic) bond motifs is 3. The third-order valence-corrected chi connectivity index (χ3v) is 6.13. The van der Waals surface area contributed by atoms with Crippen molar-refractivity contribution in [2.75, 3.05) is 5.23 Å². The SMILES string of the molecule is Cc1ccc(C)c2c1NB(c1c(C(C)C)cccc1C(C)C)[n+]1ccn(C)c1-2. The zero-order valence-electron chi connectivity index (χ0n) is 18.2. The number of benzene rings is 2. The van der Waals surface area contributed by atoms with Gasteiger partial charge >= 0.3 is 6.98 Å². The molecule has 0 amide bonds. The Hall–Kier alpha value is -2.49. The first kappa shape index (κ1) is 18.9. The molecule has 0 saturated heterocycles. The molecule has 0 bridgehead atoms. The van der Waals surface area contributed by atoms with Crippen LogP contribution >= 0.6 is 0 Å². The Kier molecular flexibility index (Phi) is 4.61. The van der Waals surface area contributed by atoms with Gasteiger partial charge in [0.25, 0.3) is 5.82 Å². The van der Waals surface area contributed by atoms with Crippen molar-refractivity contribution in [3.8, 4) is 11.4 Å². The van der Waals surface area contributed by atoms with Gasteiger partial charge in [-0.2, -0.15) is 0 Å². The Bertz CT molecular complexity index is 1020. The zero-order valence-corrected chi connectivity index (χ0v) is 18.2. The maximum absolute atomic E-state index is 3.93. The Morgan fingerprint density at radius 3 is 2.14 bits per heavy atom. The minimum Gasteiger partial charge on any atom is -0.382 e. The third kappa shape index (κ3) is 2.78. The summed E-state index contributed by atoms with van der Waals surface area (Å²) in [5, 5.41) is 3.93. The quantitative estimate of drug-likeness (QED) is 0.671. The molecule has 0 aliphatic carbocycles. The van der Waals surface area contributed by atoms with Gasteiger partial charge in [-0.1, -0.05) is 58.0 Å². The molecule has 0 unspecified atom stereocenters. The number of aromatic nitrogens is 2. The van der Waals surface area contributed by atoms with Crippen LogP contribution in [0.15, 0.2) is 42.7 Å². The van der Waals surface area contributed by atoms with E-state index < -0.39 is 0 Å². The molecule has 2 heterocycles. The Morgan fingerprint density at radius 2 is 1.54 bits per heavy atom. The summed E-state index contributed by atoms with van der Waals surface area (Å²) in [4.78, 5) is 0. The molecule has 0 spiro atoms. The predicted octanol–water partition coefficient (Wildman–Crippen LogP) is 4.51. The van der Waals surface area contributed by atoms with Gasteiger partial charge in [0.1, 0.15) is 12.4 Å². The molecule has 4 heteroatoms. The van der Waals surface area contributed by atoms with Gasteiger partial charge in [0.15, 0.2) is 0 Å². The second-order valence-electron chi connectivity index (χ2n) is 8.80. The van der Waals surface area contributed by atoms with Crippen molar-refractivity contribution >= 4 is 18.1 Å². The summed E-state index contributed by atoms with van der Waals surface area (Å²) in [6.07, 6.45) is 4.40. The van der Waals surface area contributed by atoms with Crippen LogP contribution < -0.4 is 15.2 Å². The normalized spacial score (nSPS) is 13.0.